The minimum Gasteiger partial charge on any atom is -0.491 e. The zero-order chi connectivity index (χ0) is 18.4. The topological polar surface area (TPSA) is 67.3 Å². The van der Waals surface area contributed by atoms with Gasteiger partial charge in [0.05, 0.1) is 18.5 Å². The summed E-state index contributed by atoms with van der Waals surface area (Å²) >= 11 is 0. The molecule has 3 rings (SSSR count). The molecule has 2 aromatic rings. The molecule has 1 fully saturated rings. The van der Waals surface area contributed by atoms with Crippen molar-refractivity contribution in [2.24, 2.45) is 0 Å². The van der Waals surface area contributed by atoms with Gasteiger partial charge in [-0.3, -0.25) is 4.79 Å². The van der Waals surface area contributed by atoms with E-state index in [9.17, 15) is 4.79 Å². The third-order valence-electron chi connectivity index (χ3n) is 4.26. The number of aromatic nitrogens is 2. The Kier molecular flexibility index (Phi) is 6.04. The van der Waals surface area contributed by atoms with Crippen LogP contribution in [0.3, 0.4) is 0 Å². The summed E-state index contributed by atoms with van der Waals surface area (Å²) in [7, 11) is 0. The minimum absolute atomic E-state index is 0.0267. The second-order valence-corrected chi connectivity index (χ2v) is 6.81. The van der Waals surface area contributed by atoms with Crippen LogP contribution in [-0.2, 0) is 0 Å². The van der Waals surface area contributed by atoms with Gasteiger partial charge >= 0.3 is 0 Å². The second kappa shape index (κ2) is 8.65. The average molecular weight is 354 g/mol. The smallest absolute Gasteiger partial charge is 0.274 e. The molecule has 0 atom stereocenters. The quantitative estimate of drug-likeness (QED) is 0.878. The number of nitrogens with one attached hydrogen (secondary N) is 1. The first-order valence-electron chi connectivity index (χ1n) is 9.27. The standard InChI is InChI=1S/C20H26N4O2/c1-15(2)26-17-9-7-16(8-10-17)23-19-14-21-18(13-22-19)20(25)24-11-5-3-4-6-12-24/h7-10,13-15H,3-6,11-12H2,1-2H3,(H,22,23). The van der Waals surface area contributed by atoms with Gasteiger partial charge in [0.25, 0.3) is 5.91 Å². The highest BCUT2D eigenvalue weighted by Crippen LogP contribution is 2.20. The van der Waals surface area contributed by atoms with E-state index in [-0.39, 0.29) is 12.0 Å². The largest absolute Gasteiger partial charge is 0.491 e. The fourth-order valence-corrected chi connectivity index (χ4v) is 2.98. The molecular formula is C20H26N4O2. The van der Waals surface area contributed by atoms with Gasteiger partial charge in [-0.15, -0.1) is 0 Å². The molecule has 1 aliphatic heterocycles. The molecule has 0 spiro atoms. The van der Waals surface area contributed by atoms with Gasteiger partial charge in [0.15, 0.2) is 0 Å². The van der Waals surface area contributed by atoms with Gasteiger partial charge in [-0.05, 0) is 51.0 Å². The Labute approximate surface area is 154 Å². The van der Waals surface area contributed by atoms with E-state index in [2.05, 4.69) is 15.3 Å². The summed E-state index contributed by atoms with van der Waals surface area (Å²) in [6, 6.07) is 7.67. The number of carbonyl (C=O) groups is 1. The maximum absolute atomic E-state index is 12.5. The molecule has 0 radical (unpaired) electrons. The van der Waals surface area contributed by atoms with Gasteiger partial charge < -0.3 is 15.0 Å². The molecule has 0 bridgehead atoms. The van der Waals surface area contributed by atoms with E-state index in [0.717, 1.165) is 37.4 Å². The van der Waals surface area contributed by atoms with Crippen LogP contribution in [0, 0.1) is 0 Å². The molecule has 1 saturated heterocycles. The van der Waals surface area contributed by atoms with Gasteiger partial charge in [0.2, 0.25) is 0 Å². The van der Waals surface area contributed by atoms with Crippen molar-refractivity contribution >= 4 is 17.4 Å². The summed E-state index contributed by atoms with van der Waals surface area (Å²) in [5, 5.41) is 3.19. The van der Waals surface area contributed by atoms with E-state index in [0.29, 0.717) is 11.5 Å². The van der Waals surface area contributed by atoms with E-state index in [1.165, 1.54) is 12.8 Å². The number of rotatable bonds is 5. The molecule has 1 aliphatic rings. The summed E-state index contributed by atoms with van der Waals surface area (Å²) in [6.45, 7) is 5.61. The fraction of sp³-hybridized carbons (Fsp3) is 0.450. The number of hydrogen-bond donors (Lipinski definition) is 1. The van der Waals surface area contributed by atoms with Gasteiger partial charge in [-0.2, -0.15) is 0 Å². The lowest BCUT2D eigenvalue weighted by atomic mass is 10.2. The molecule has 1 amide bonds. The van der Waals surface area contributed by atoms with Crippen molar-refractivity contribution in [3.8, 4) is 5.75 Å². The molecule has 2 heterocycles. The van der Waals surface area contributed by atoms with Gasteiger partial charge in [0, 0.05) is 18.8 Å². The number of benzene rings is 1. The number of hydrogen-bond acceptors (Lipinski definition) is 5. The van der Waals surface area contributed by atoms with Crippen molar-refractivity contribution in [3.05, 3.63) is 42.4 Å². The van der Waals surface area contributed by atoms with E-state index in [4.69, 9.17) is 4.74 Å². The van der Waals surface area contributed by atoms with Crippen LogP contribution >= 0.6 is 0 Å². The second-order valence-electron chi connectivity index (χ2n) is 6.81. The lowest BCUT2D eigenvalue weighted by Crippen LogP contribution is -2.32. The van der Waals surface area contributed by atoms with Crippen LogP contribution < -0.4 is 10.1 Å². The minimum atomic E-state index is -0.0267. The molecular weight excluding hydrogens is 328 g/mol. The molecule has 26 heavy (non-hydrogen) atoms. The van der Waals surface area contributed by atoms with Gasteiger partial charge in [0.1, 0.15) is 17.3 Å². The van der Waals surface area contributed by atoms with E-state index >= 15 is 0 Å². The number of ether oxygens (including phenoxy) is 1. The van der Waals surface area contributed by atoms with Gasteiger partial charge in [-0.1, -0.05) is 12.8 Å². The zero-order valence-electron chi connectivity index (χ0n) is 15.4. The molecule has 1 N–H and O–H groups in total. The molecule has 138 valence electrons. The van der Waals surface area contributed by atoms with Gasteiger partial charge in [-0.25, -0.2) is 9.97 Å². The molecule has 6 nitrogen and oxygen atoms in total. The summed E-state index contributed by atoms with van der Waals surface area (Å²) in [5.41, 5.74) is 1.29. The van der Waals surface area contributed by atoms with Crippen molar-refractivity contribution in [1.82, 2.24) is 14.9 Å². The summed E-state index contributed by atoms with van der Waals surface area (Å²) < 4.78 is 5.63. The Hall–Kier alpha value is -2.63. The molecule has 1 aromatic heterocycles. The first kappa shape index (κ1) is 18.2. The summed E-state index contributed by atoms with van der Waals surface area (Å²) in [5.74, 6) is 1.41. The SMILES string of the molecule is CC(C)Oc1ccc(Nc2cnc(C(=O)N3CCCCCC3)cn2)cc1. The summed E-state index contributed by atoms with van der Waals surface area (Å²) in [6.07, 6.45) is 7.81. The highest BCUT2D eigenvalue weighted by molar-refractivity contribution is 5.92. The highest BCUT2D eigenvalue weighted by Gasteiger charge is 2.18. The van der Waals surface area contributed by atoms with Crippen LogP contribution in [0.25, 0.3) is 0 Å². The van der Waals surface area contributed by atoms with E-state index < -0.39 is 0 Å². The predicted molar refractivity (Wildman–Crippen MR) is 102 cm³/mol. The number of likely N-dealkylation sites (tertiary alicyclic amines) is 1. The molecule has 1 aromatic carbocycles. The average Bonchev–Trinajstić information content (AvgIpc) is 2.92. The monoisotopic (exact) mass is 354 g/mol. The van der Waals surface area contributed by atoms with E-state index in [1.54, 1.807) is 12.4 Å². The Balaban J connectivity index is 1.61. The molecule has 6 heteroatoms. The highest BCUT2D eigenvalue weighted by atomic mass is 16.5. The first-order valence-corrected chi connectivity index (χ1v) is 9.27. The first-order chi connectivity index (χ1) is 12.6. The lowest BCUT2D eigenvalue weighted by molar-refractivity contribution is 0.0755. The van der Waals surface area contributed by atoms with Crippen molar-refractivity contribution in [2.45, 2.75) is 45.6 Å². The Morgan fingerprint density at radius 1 is 1.04 bits per heavy atom. The normalized spacial score (nSPS) is 14.8. The zero-order valence-corrected chi connectivity index (χ0v) is 15.4. The van der Waals surface area contributed by atoms with Crippen LogP contribution in [0.5, 0.6) is 5.75 Å². The maximum Gasteiger partial charge on any atom is 0.274 e. The fourth-order valence-electron chi connectivity index (χ4n) is 2.98. The molecule has 0 unspecified atom stereocenters. The van der Waals surface area contributed by atoms with Crippen LogP contribution in [0.4, 0.5) is 11.5 Å². The van der Waals surface area contributed by atoms with E-state index in [1.807, 2.05) is 43.0 Å². The van der Waals surface area contributed by atoms with Crippen LogP contribution in [0.2, 0.25) is 0 Å². The molecule has 0 saturated carbocycles. The number of amides is 1. The third kappa shape index (κ3) is 4.94. The Morgan fingerprint density at radius 2 is 1.73 bits per heavy atom. The van der Waals surface area contributed by atoms with Crippen molar-refractivity contribution < 1.29 is 9.53 Å². The Bertz CT molecular complexity index is 706. The molecule has 0 aliphatic carbocycles. The van der Waals surface area contributed by atoms with Crippen LogP contribution in [-0.4, -0.2) is 40.0 Å². The number of anilines is 2. The summed E-state index contributed by atoms with van der Waals surface area (Å²) in [4.78, 5) is 23.1. The van der Waals surface area contributed by atoms with Crippen LogP contribution in [0.1, 0.15) is 50.0 Å². The van der Waals surface area contributed by atoms with Crippen molar-refractivity contribution in [2.75, 3.05) is 18.4 Å². The number of nitrogens with zero attached hydrogens (tertiary/aromatic N) is 3. The Morgan fingerprint density at radius 3 is 2.31 bits per heavy atom. The lowest BCUT2D eigenvalue weighted by Gasteiger charge is -2.19. The maximum atomic E-state index is 12.5. The third-order valence-corrected chi connectivity index (χ3v) is 4.26. The van der Waals surface area contributed by atoms with Crippen molar-refractivity contribution in [3.63, 3.8) is 0 Å². The van der Waals surface area contributed by atoms with Crippen molar-refractivity contribution in [1.29, 1.82) is 0 Å². The number of carbonyl (C=O) groups excluding carboxylic acids is 1. The van der Waals surface area contributed by atoms with Crippen LogP contribution in [0.15, 0.2) is 36.7 Å². The predicted octanol–water partition coefficient (Wildman–Crippen LogP) is 4.02.